The number of rotatable bonds is 4. The lowest BCUT2D eigenvalue weighted by Gasteiger charge is -2.38. The summed E-state index contributed by atoms with van der Waals surface area (Å²) in [5.74, 6) is 0.0926. The first kappa shape index (κ1) is 18.4. The van der Waals surface area contributed by atoms with Crippen molar-refractivity contribution < 1.29 is 4.84 Å². The fraction of sp³-hybridized carbons (Fsp3) is 0.636. The van der Waals surface area contributed by atoms with Crippen LogP contribution in [0.15, 0.2) is 11.4 Å². The maximum absolute atomic E-state index is 9.14. The van der Waals surface area contributed by atoms with Crippen LogP contribution in [0.4, 0.5) is 5.69 Å². The van der Waals surface area contributed by atoms with Crippen molar-refractivity contribution in [1.82, 2.24) is 14.8 Å². The Morgan fingerprint density at radius 1 is 1.31 bits per heavy atom. The van der Waals surface area contributed by atoms with Crippen molar-refractivity contribution >= 4 is 22.4 Å². The van der Waals surface area contributed by atoms with Gasteiger partial charge in [-0.15, -0.1) is 0 Å². The molecule has 3 aliphatic rings. The third-order valence-corrected chi connectivity index (χ3v) is 6.76. The largest absolute Gasteiger partial charge is 0.388 e. The van der Waals surface area contributed by atoms with Crippen molar-refractivity contribution in [2.75, 3.05) is 5.32 Å². The van der Waals surface area contributed by atoms with Gasteiger partial charge < -0.3 is 10.2 Å². The van der Waals surface area contributed by atoms with Gasteiger partial charge in [0.25, 0.3) is 0 Å². The smallest absolute Gasteiger partial charge is 0.160 e. The molecule has 0 bridgehead atoms. The molecule has 29 heavy (non-hydrogen) atoms. The highest BCUT2D eigenvalue weighted by molar-refractivity contribution is 6.11. The maximum Gasteiger partial charge on any atom is 0.160 e. The van der Waals surface area contributed by atoms with E-state index in [2.05, 4.69) is 30.4 Å². The fourth-order valence-corrected chi connectivity index (χ4v) is 5.17. The summed E-state index contributed by atoms with van der Waals surface area (Å²) in [7, 11) is 0. The van der Waals surface area contributed by atoms with Gasteiger partial charge in [0.1, 0.15) is 5.60 Å². The highest BCUT2D eigenvalue weighted by Crippen LogP contribution is 2.47. The van der Waals surface area contributed by atoms with E-state index in [1.165, 1.54) is 32.1 Å². The normalized spacial score (nSPS) is 26.8. The summed E-state index contributed by atoms with van der Waals surface area (Å²) in [4.78, 5) is 10.6. The predicted octanol–water partition coefficient (Wildman–Crippen LogP) is 4.30. The van der Waals surface area contributed by atoms with Gasteiger partial charge in [-0.05, 0) is 26.7 Å². The van der Waals surface area contributed by atoms with Gasteiger partial charge in [-0.25, -0.2) is 9.67 Å². The quantitative estimate of drug-likeness (QED) is 0.838. The molecular formula is C22H28N6O. The highest BCUT2D eigenvalue weighted by atomic mass is 16.7. The number of pyridine rings is 1. The molecule has 0 amide bonds. The van der Waals surface area contributed by atoms with E-state index in [9.17, 15) is 0 Å². The second-order valence-corrected chi connectivity index (χ2v) is 8.85. The van der Waals surface area contributed by atoms with Gasteiger partial charge in [0.2, 0.25) is 0 Å². The van der Waals surface area contributed by atoms with Crippen LogP contribution in [0, 0.1) is 24.2 Å². The molecule has 2 aliphatic carbocycles. The lowest BCUT2D eigenvalue weighted by Crippen LogP contribution is -2.43. The standard InChI is InChI=1S/C22H28N6O/c1-3-28-21-19(14(2)26-28)20(25-16-7-5-4-6-8-16)17(13-24-21)18-11-22(29-27-18)9-15(10-22)12-23/h13,15-16H,3-11H2,1-2H3,(H,24,25). The number of nitrogens with one attached hydrogen (secondary N) is 1. The SMILES string of the molecule is CCn1nc(C)c2c(NC3CCCCC3)c(C3=NOC4(C3)CC(C#N)C4)cnc21. The van der Waals surface area contributed by atoms with E-state index in [1.807, 2.05) is 10.9 Å². The van der Waals surface area contributed by atoms with Crippen molar-refractivity contribution in [2.24, 2.45) is 11.1 Å². The monoisotopic (exact) mass is 392 g/mol. The van der Waals surface area contributed by atoms with Crippen LogP contribution in [0.3, 0.4) is 0 Å². The molecule has 1 spiro atoms. The fourth-order valence-electron chi connectivity index (χ4n) is 5.17. The van der Waals surface area contributed by atoms with E-state index in [0.29, 0.717) is 6.04 Å². The van der Waals surface area contributed by atoms with E-state index in [1.54, 1.807) is 0 Å². The second-order valence-electron chi connectivity index (χ2n) is 8.85. The molecule has 3 heterocycles. The van der Waals surface area contributed by atoms with Crippen molar-refractivity contribution in [1.29, 1.82) is 5.26 Å². The van der Waals surface area contributed by atoms with Crippen LogP contribution < -0.4 is 5.32 Å². The van der Waals surface area contributed by atoms with E-state index >= 15 is 0 Å². The van der Waals surface area contributed by atoms with Gasteiger partial charge >= 0.3 is 0 Å². The number of nitrogens with zero attached hydrogens (tertiary/aromatic N) is 5. The number of hydrogen-bond donors (Lipinski definition) is 1. The number of oxime groups is 1. The average molecular weight is 393 g/mol. The van der Waals surface area contributed by atoms with Crippen LogP contribution in [0.2, 0.25) is 0 Å². The van der Waals surface area contributed by atoms with Crippen LogP contribution in [0.25, 0.3) is 11.0 Å². The van der Waals surface area contributed by atoms with Gasteiger partial charge in [-0.3, -0.25) is 0 Å². The summed E-state index contributed by atoms with van der Waals surface area (Å²) >= 11 is 0. The zero-order chi connectivity index (χ0) is 20.0. The molecule has 2 aromatic heterocycles. The van der Waals surface area contributed by atoms with Gasteiger partial charge in [-0.2, -0.15) is 10.4 Å². The van der Waals surface area contributed by atoms with E-state index in [4.69, 9.17) is 20.2 Å². The molecule has 0 atom stereocenters. The Labute approximate surface area is 171 Å². The second kappa shape index (κ2) is 7.01. The molecule has 2 fully saturated rings. The maximum atomic E-state index is 9.14. The summed E-state index contributed by atoms with van der Waals surface area (Å²) in [6, 6.07) is 2.82. The van der Waals surface area contributed by atoms with E-state index < -0.39 is 0 Å². The number of aryl methyl sites for hydroxylation is 2. The van der Waals surface area contributed by atoms with Crippen LogP contribution in [0.1, 0.15) is 69.5 Å². The van der Waals surface area contributed by atoms with Crippen molar-refractivity contribution in [3.05, 3.63) is 17.5 Å². The average Bonchev–Trinajstić information content (AvgIpc) is 3.30. The molecular weight excluding hydrogens is 364 g/mol. The lowest BCUT2D eigenvalue weighted by molar-refractivity contribution is -0.0941. The lowest BCUT2D eigenvalue weighted by atomic mass is 9.69. The number of hydrogen-bond acceptors (Lipinski definition) is 6. The zero-order valence-corrected chi connectivity index (χ0v) is 17.2. The third-order valence-electron chi connectivity index (χ3n) is 6.76. The number of aromatic nitrogens is 3. The predicted molar refractivity (Wildman–Crippen MR) is 112 cm³/mol. The molecule has 2 aromatic rings. The number of anilines is 1. The molecule has 7 heteroatoms. The van der Waals surface area contributed by atoms with Crippen LogP contribution in [0.5, 0.6) is 0 Å². The Bertz CT molecular complexity index is 1000. The molecule has 0 radical (unpaired) electrons. The first-order chi connectivity index (χ1) is 14.1. The molecule has 7 nitrogen and oxygen atoms in total. The Morgan fingerprint density at radius 2 is 2.10 bits per heavy atom. The Balaban J connectivity index is 1.53. The Hall–Kier alpha value is -2.62. The molecule has 152 valence electrons. The molecule has 0 saturated heterocycles. The van der Waals surface area contributed by atoms with Crippen molar-refractivity contribution in [3.63, 3.8) is 0 Å². The number of nitriles is 1. The van der Waals surface area contributed by atoms with Crippen LogP contribution in [-0.2, 0) is 11.4 Å². The number of fused-ring (bicyclic) bond motifs is 1. The minimum atomic E-state index is -0.282. The van der Waals surface area contributed by atoms with Gasteiger partial charge in [-0.1, -0.05) is 24.4 Å². The van der Waals surface area contributed by atoms with E-state index in [0.717, 1.165) is 59.5 Å². The van der Waals surface area contributed by atoms with Crippen LogP contribution in [-0.4, -0.2) is 32.1 Å². The van der Waals surface area contributed by atoms with Crippen molar-refractivity contribution in [2.45, 2.75) is 83.4 Å². The molecule has 0 unspecified atom stereocenters. The van der Waals surface area contributed by atoms with Gasteiger partial charge in [0.15, 0.2) is 5.65 Å². The van der Waals surface area contributed by atoms with Gasteiger partial charge in [0, 0.05) is 43.6 Å². The molecule has 0 aromatic carbocycles. The molecule has 2 saturated carbocycles. The minimum absolute atomic E-state index is 0.0926. The van der Waals surface area contributed by atoms with Crippen molar-refractivity contribution in [3.8, 4) is 6.07 Å². The highest BCUT2D eigenvalue weighted by Gasteiger charge is 2.51. The molecule has 1 N–H and O–H groups in total. The summed E-state index contributed by atoms with van der Waals surface area (Å²) in [6.45, 7) is 4.95. The van der Waals surface area contributed by atoms with Crippen LogP contribution >= 0.6 is 0 Å². The zero-order valence-electron chi connectivity index (χ0n) is 17.2. The molecule has 5 rings (SSSR count). The topological polar surface area (TPSA) is 88.1 Å². The summed E-state index contributed by atoms with van der Waals surface area (Å²) in [6.07, 6.45) is 10.5. The van der Waals surface area contributed by atoms with E-state index in [-0.39, 0.29) is 11.5 Å². The first-order valence-electron chi connectivity index (χ1n) is 10.9. The first-order valence-corrected chi connectivity index (χ1v) is 10.9. The summed E-state index contributed by atoms with van der Waals surface area (Å²) < 4.78 is 1.97. The third kappa shape index (κ3) is 3.06. The Kier molecular flexibility index (Phi) is 4.45. The minimum Gasteiger partial charge on any atom is -0.388 e. The molecule has 1 aliphatic heterocycles. The summed E-state index contributed by atoms with van der Waals surface area (Å²) in [5.41, 5.74) is 4.72. The van der Waals surface area contributed by atoms with Gasteiger partial charge in [0.05, 0.1) is 34.5 Å². The Morgan fingerprint density at radius 3 is 2.83 bits per heavy atom. The summed E-state index contributed by atoms with van der Waals surface area (Å²) in [5, 5.41) is 23.3.